The van der Waals surface area contributed by atoms with Gasteiger partial charge in [-0.25, -0.2) is 0 Å². The first kappa shape index (κ1) is 18.1. The van der Waals surface area contributed by atoms with Crippen LogP contribution in [0.2, 0.25) is 0 Å². The van der Waals surface area contributed by atoms with Crippen molar-refractivity contribution in [3.05, 3.63) is 41.7 Å². The van der Waals surface area contributed by atoms with Crippen molar-refractivity contribution in [3.63, 3.8) is 0 Å². The largest absolute Gasteiger partial charge is 0.501 e. The third-order valence-electron chi connectivity index (χ3n) is 3.33. The van der Waals surface area contributed by atoms with Crippen molar-refractivity contribution >= 4 is 5.91 Å². The smallest absolute Gasteiger partial charge is 0.416 e. The van der Waals surface area contributed by atoms with E-state index in [-0.39, 0.29) is 24.8 Å². The Hall–Kier alpha value is -2.22. The van der Waals surface area contributed by atoms with Crippen LogP contribution in [-0.2, 0) is 15.7 Å². The summed E-state index contributed by atoms with van der Waals surface area (Å²) >= 11 is 0. The van der Waals surface area contributed by atoms with E-state index in [0.717, 1.165) is 18.6 Å². The van der Waals surface area contributed by atoms with E-state index in [9.17, 15) is 23.1 Å². The molecule has 5 nitrogen and oxygen atoms in total. The molecule has 1 unspecified atom stereocenters. The molecule has 1 aromatic rings. The molecule has 0 aromatic heterocycles. The van der Waals surface area contributed by atoms with Gasteiger partial charge < -0.3 is 19.9 Å². The summed E-state index contributed by atoms with van der Waals surface area (Å²) in [6.45, 7) is 0.260. The van der Waals surface area contributed by atoms with Crippen molar-refractivity contribution in [2.24, 2.45) is 0 Å². The molecule has 0 aliphatic carbocycles. The average Bonchev–Trinajstić information content (AvgIpc) is 2.58. The maximum Gasteiger partial charge on any atom is 0.416 e. The van der Waals surface area contributed by atoms with Gasteiger partial charge in [0, 0.05) is 6.54 Å². The standard InChI is InChI=1S/C16H18F3NO4/c17-16(18,19)12-4-1-5-14(7-12)24-10-13(21)8-20-15(22)11-3-2-6-23-9-11/h1,4-5,7,9,13,21H,2-3,6,8,10H2,(H,20,22). The lowest BCUT2D eigenvalue weighted by atomic mass is 10.1. The van der Waals surface area contributed by atoms with Crippen molar-refractivity contribution in [1.29, 1.82) is 0 Å². The molecule has 1 aliphatic heterocycles. The number of carbonyl (C=O) groups excluding carboxylic acids is 1. The molecule has 1 amide bonds. The molecule has 0 spiro atoms. The van der Waals surface area contributed by atoms with Crippen LogP contribution in [0.25, 0.3) is 0 Å². The van der Waals surface area contributed by atoms with Crippen molar-refractivity contribution in [2.45, 2.75) is 25.1 Å². The number of carbonyl (C=O) groups is 1. The van der Waals surface area contributed by atoms with Gasteiger partial charge in [0.2, 0.25) is 5.91 Å². The SMILES string of the molecule is O=C(NCC(O)COc1cccc(C(F)(F)F)c1)C1=COCCC1. The van der Waals surface area contributed by atoms with E-state index < -0.39 is 17.8 Å². The number of alkyl halides is 3. The number of benzene rings is 1. The van der Waals surface area contributed by atoms with Crippen LogP contribution in [0.5, 0.6) is 5.75 Å². The second kappa shape index (κ2) is 8.05. The maximum atomic E-state index is 12.6. The molecule has 1 atom stereocenters. The van der Waals surface area contributed by atoms with E-state index >= 15 is 0 Å². The molecule has 0 bridgehead atoms. The van der Waals surface area contributed by atoms with Crippen molar-refractivity contribution in [1.82, 2.24) is 5.32 Å². The highest BCUT2D eigenvalue weighted by atomic mass is 19.4. The summed E-state index contributed by atoms with van der Waals surface area (Å²) in [6.07, 6.45) is -2.76. The van der Waals surface area contributed by atoms with Gasteiger partial charge in [0.05, 0.1) is 24.0 Å². The van der Waals surface area contributed by atoms with Crippen LogP contribution < -0.4 is 10.1 Å². The Bertz CT molecular complexity index is 601. The molecule has 2 rings (SSSR count). The van der Waals surface area contributed by atoms with Crippen LogP contribution in [0, 0.1) is 0 Å². The van der Waals surface area contributed by atoms with Gasteiger partial charge in [0.1, 0.15) is 18.5 Å². The number of aliphatic hydroxyl groups is 1. The third-order valence-corrected chi connectivity index (χ3v) is 3.33. The summed E-state index contributed by atoms with van der Waals surface area (Å²) in [4.78, 5) is 11.8. The summed E-state index contributed by atoms with van der Waals surface area (Å²) in [7, 11) is 0. The van der Waals surface area contributed by atoms with Gasteiger partial charge >= 0.3 is 6.18 Å². The molecule has 1 aromatic carbocycles. The maximum absolute atomic E-state index is 12.6. The van der Waals surface area contributed by atoms with E-state index in [1.54, 1.807) is 0 Å². The minimum absolute atomic E-state index is 0.00131. The molecular weight excluding hydrogens is 327 g/mol. The monoisotopic (exact) mass is 345 g/mol. The number of nitrogens with one attached hydrogen (secondary N) is 1. The van der Waals surface area contributed by atoms with Gasteiger partial charge in [-0.05, 0) is 31.0 Å². The highest BCUT2D eigenvalue weighted by Crippen LogP contribution is 2.31. The predicted octanol–water partition coefficient (Wildman–Crippen LogP) is 2.26. The zero-order chi connectivity index (χ0) is 17.6. The van der Waals surface area contributed by atoms with Gasteiger partial charge in [0.25, 0.3) is 0 Å². The normalized spacial score (nSPS) is 15.9. The first-order valence-corrected chi connectivity index (χ1v) is 7.43. The second-order valence-corrected chi connectivity index (χ2v) is 5.32. The van der Waals surface area contributed by atoms with Gasteiger partial charge in [-0.15, -0.1) is 0 Å². The van der Waals surface area contributed by atoms with E-state index in [2.05, 4.69) is 5.32 Å². The minimum atomic E-state index is -4.46. The molecular formula is C16H18F3NO4. The topological polar surface area (TPSA) is 67.8 Å². The van der Waals surface area contributed by atoms with Crippen LogP contribution >= 0.6 is 0 Å². The van der Waals surface area contributed by atoms with Crippen LogP contribution in [0.4, 0.5) is 13.2 Å². The number of hydrogen-bond donors (Lipinski definition) is 2. The molecule has 8 heteroatoms. The molecule has 0 saturated heterocycles. The Kier molecular flexibility index (Phi) is 6.08. The van der Waals surface area contributed by atoms with E-state index in [1.807, 2.05) is 0 Å². The average molecular weight is 345 g/mol. The van der Waals surface area contributed by atoms with Crippen molar-refractivity contribution < 1.29 is 32.5 Å². The van der Waals surface area contributed by atoms with Crippen LogP contribution in [0.15, 0.2) is 36.1 Å². The molecule has 1 aliphatic rings. The van der Waals surface area contributed by atoms with Gasteiger partial charge in [-0.1, -0.05) is 6.07 Å². The summed E-state index contributed by atoms with van der Waals surface area (Å²) in [5.74, 6) is -0.341. The third kappa shape index (κ3) is 5.45. The molecule has 0 radical (unpaired) electrons. The second-order valence-electron chi connectivity index (χ2n) is 5.32. The lowest BCUT2D eigenvalue weighted by molar-refractivity contribution is -0.137. The summed E-state index contributed by atoms with van der Waals surface area (Å²) in [5, 5.41) is 12.3. The first-order chi connectivity index (χ1) is 11.4. The number of hydrogen-bond acceptors (Lipinski definition) is 4. The molecule has 132 valence electrons. The fourth-order valence-electron chi connectivity index (χ4n) is 2.07. The number of ether oxygens (including phenoxy) is 2. The Labute approximate surface area is 137 Å². The Morgan fingerprint density at radius 1 is 1.42 bits per heavy atom. The molecule has 0 fully saturated rings. The predicted molar refractivity (Wildman–Crippen MR) is 79.2 cm³/mol. The lowest BCUT2D eigenvalue weighted by Crippen LogP contribution is -2.36. The number of aliphatic hydroxyl groups excluding tert-OH is 1. The zero-order valence-corrected chi connectivity index (χ0v) is 12.8. The summed E-state index contributed by atoms with van der Waals surface area (Å²) in [5.41, 5.74) is -0.334. The highest BCUT2D eigenvalue weighted by molar-refractivity contribution is 5.93. The minimum Gasteiger partial charge on any atom is -0.501 e. The fourth-order valence-corrected chi connectivity index (χ4v) is 2.07. The Balaban J connectivity index is 1.78. The number of rotatable bonds is 6. The van der Waals surface area contributed by atoms with E-state index in [1.165, 1.54) is 18.4 Å². The lowest BCUT2D eigenvalue weighted by Gasteiger charge is -2.16. The van der Waals surface area contributed by atoms with Gasteiger partial charge in [0.15, 0.2) is 0 Å². The van der Waals surface area contributed by atoms with Crippen LogP contribution in [-0.4, -0.2) is 36.9 Å². The molecule has 1 heterocycles. The van der Waals surface area contributed by atoms with Crippen LogP contribution in [0.1, 0.15) is 18.4 Å². The van der Waals surface area contributed by atoms with Crippen molar-refractivity contribution in [3.8, 4) is 5.75 Å². The fraction of sp³-hybridized carbons (Fsp3) is 0.438. The Morgan fingerprint density at radius 2 is 2.21 bits per heavy atom. The molecule has 24 heavy (non-hydrogen) atoms. The molecule has 2 N–H and O–H groups in total. The number of halogens is 3. The summed E-state index contributed by atoms with van der Waals surface area (Å²) in [6, 6.07) is 4.38. The van der Waals surface area contributed by atoms with E-state index in [0.29, 0.717) is 18.6 Å². The van der Waals surface area contributed by atoms with E-state index in [4.69, 9.17) is 9.47 Å². The zero-order valence-electron chi connectivity index (χ0n) is 12.8. The number of amides is 1. The highest BCUT2D eigenvalue weighted by Gasteiger charge is 2.30. The quantitative estimate of drug-likeness (QED) is 0.830. The van der Waals surface area contributed by atoms with Gasteiger partial charge in [-0.2, -0.15) is 13.2 Å². The van der Waals surface area contributed by atoms with Crippen molar-refractivity contribution in [2.75, 3.05) is 19.8 Å². The Morgan fingerprint density at radius 3 is 2.88 bits per heavy atom. The van der Waals surface area contributed by atoms with Crippen LogP contribution in [0.3, 0.4) is 0 Å². The summed E-state index contributed by atoms with van der Waals surface area (Å²) < 4.78 is 47.9. The van der Waals surface area contributed by atoms with Gasteiger partial charge in [-0.3, -0.25) is 4.79 Å². The first-order valence-electron chi connectivity index (χ1n) is 7.43. The molecule has 0 saturated carbocycles.